The van der Waals surface area contributed by atoms with Gasteiger partial charge < -0.3 is 14.5 Å². The molecule has 1 fully saturated rings. The SMILES string of the molecule is N#Cc1cncc2c1OCCN(C(=O)C1(F)CCN(c3ncc4ccccc4n3)CC1)C2. The van der Waals surface area contributed by atoms with Crippen LogP contribution in [-0.4, -0.2) is 57.7 Å². The Labute approximate surface area is 184 Å². The van der Waals surface area contributed by atoms with E-state index in [1.165, 1.54) is 11.1 Å². The molecule has 9 heteroatoms. The molecule has 2 aliphatic rings. The van der Waals surface area contributed by atoms with Crippen molar-refractivity contribution < 1.29 is 13.9 Å². The van der Waals surface area contributed by atoms with Crippen molar-refractivity contribution in [1.82, 2.24) is 19.9 Å². The molecular weight excluding hydrogens is 411 g/mol. The number of aromatic nitrogens is 3. The molecule has 0 aliphatic carbocycles. The number of alkyl halides is 1. The average molecular weight is 432 g/mol. The second-order valence-corrected chi connectivity index (χ2v) is 8.04. The largest absolute Gasteiger partial charge is 0.490 e. The number of benzene rings is 1. The third-order valence-electron chi connectivity index (χ3n) is 6.05. The van der Waals surface area contributed by atoms with E-state index < -0.39 is 11.6 Å². The normalized spacial score (nSPS) is 17.8. The Morgan fingerprint density at radius 2 is 1.97 bits per heavy atom. The molecule has 1 saturated heterocycles. The molecule has 0 saturated carbocycles. The number of rotatable bonds is 2. The van der Waals surface area contributed by atoms with E-state index >= 15 is 4.39 Å². The van der Waals surface area contributed by atoms with E-state index in [9.17, 15) is 10.1 Å². The molecule has 0 spiro atoms. The van der Waals surface area contributed by atoms with Gasteiger partial charge in [-0.05, 0) is 6.07 Å². The Kier molecular flexibility index (Phi) is 5.05. The molecule has 5 rings (SSSR count). The summed E-state index contributed by atoms with van der Waals surface area (Å²) in [6.45, 7) is 1.31. The zero-order valence-corrected chi connectivity index (χ0v) is 17.4. The number of carbonyl (C=O) groups excluding carboxylic acids is 1. The first-order chi connectivity index (χ1) is 15.6. The first kappa shape index (κ1) is 20.1. The lowest BCUT2D eigenvalue weighted by atomic mass is 9.91. The van der Waals surface area contributed by atoms with Crippen molar-refractivity contribution in [3.05, 3.63) is 54.0 Å². The van der Waals surface area contributed by atoms with Crippen molar-refractivity contribution in [2.45, 2.75) is 25.1 Å². The Balaban J connectivity index is 1.30. The van der Waals surface area contributed by atoms with Crippen molar-refractivity contribution in [3.63, 3.8) is 0 Å². The van der Waals surface area contributed by atoms with Gasteiger partial charge in [-0.15, -0.1) is 0 Å². The summed E-state index contributed by atoms with van der Waals surface area (Å²) < 4.78 is 21.5. The van der Waals surface area contributed by atoms with Crippen LogP contribution < -0.4 is 9.64 Å². The van der Waals surface area contributed by atoms with Crippen LogP contribution in [0.4, 0.5) is 10.3 Å². The highest BCUT2D eigenvalue weighted by Gasteiger charge is 2.45. The number of ether oxygens (including phenoxy) is 1. The maximum atomic E-state index is 15.8. The highest BCUT2D eigenvalue weighted by atomic mass is 19.1. The van der Waals surface area contributed by atoms with Gasteiger partial charge in [0.2, 0.25) is 5.95 Å². The number of anilines is 1. The van der Waals surface area contributed by atoms with Gasteiger partial charge >= 0.3 is 0 Å². The minimum atomic E-state index is -1.96. The van der Waals surface area contributed by atoms with Crippen LogP contribution in [0.2, 0.25) is 0 Å². The predicted molar refractivity (Wildman–Crippen MR) is 115 cm³/mol. The second kappa shape index (κ2) is 8.04. The number of nitriles is 1. The van der Waals surface area contributed by atoms with Crippen LogP contribution in [0, 0.1) is 11.3 Å². The molecule has 0 atom stereocenters. The number of carbonyl (C=O) groups is 1. The minimum absolute atomic E-state index is 0.0583. The number of piperidine rings is 1. The van der Waals surface area contributed by atoms with E-state index in [-0.39, 0.29) is 32.5 Å². The van der Waals surface area contributed by atoms with Gasteiger partial charge in [0, 0.05) is 55.5 Å². The number of hydrogen-bond acceptors (Lipinski definition) is 7. The first-order valence-electron chi connectivity index (χ1n) is 10.5. The van der Waals surface area contributed by atoms with Crippen LogP contribution in [-0.2, 0) is 11.3 Å². The molecule has 2 aromatic heterocycles. The van der Waals surface area contributed by atoms with Crippen molar-refractivity contribution in [2.75, 3.05) is 31.1 Å². The third kappa shape index (κ3) is 3.58. The van der Waals surface area contributed by atoms with Crippen molar-refractivity contribution in [2.24, 2.45) is 0 Å². The number of nitrogens with zero attached hydrogens (tertiary/aromatic N) is 6. The zero-order chi connectivity index (χ0) is 22.1. The molecule has 0 N–H and O–H groups in total. The van der Waals surface area contributed by atoms with Crippen LogP contribution in [0.25, 0.3) is 10.9 Å². The van der Waals surface area contributed by atoms with Gasteiger partial charge in [-0.2, -0.15) is 5.26 Å². The lowest BCUT2D eigenvalue weighted by molar-refractivity contribution is -0.146. The molecule has 1 amide bonds. The molecule has 0 bridgehead atoms. The summed E-state index contributed by atoms with van der Waals surface area (Å²) in [4.78, 5) is 29.6. The standard InChI is InChI=1S/C23H21FN6O2/c24-23(21(31)30-9-10-32-20-17(11-25)12-26-13-18(20)15-30)5-7-29(8-6-23)22-27-14-16-3-1-2-4-19(16)28-22/h1-4,12-14H,5-10,15H2. The lowest BCUT2D eigenvalue weighted by Gasteiger charge is -2.37. The first-order valence-corrected chi connectivity index (χ1v) is 10.5. The van der Waals surface area contributed by atoms with Gasteiger partial charge in [0.1, 0.15) is 24.0 Å². The fraction of sp³-hybridized carbons (Fsp3) is 0.348. The van der Waals surface area contributed by atoms with Crippen LogP contribution in [0.5, 0.6) is 5.75 Å². The van der Waals surface area contributed by atoms with Gasteiger partial charge in [0.25, 0.3) is 5.91 Å². The van der Waals surface area contributed by atoms with Crippen LogP contribution >= 0.6 is 0 Å². The summed E-state index contributed by atoms with van der Waals surface area (Å²) in [5.74, 6) is 0.426. The number of hydrogen-bond donors (Lipinski definition) is 0. The Morgan fingerprint density at radius 1 is 1.16 bits per heavy atom. The van der Waals surface area contributed by atoms with Gasteiger partial charge in [-0.3, -0.25) is 9.78 Å². The Hall–Kier alpha value is -3.80. The maximum absolute atomic E-state index is 15.8. The number of para-hydroxylation sites is 1. The van der Waals surface area contributed by atoms with E-state index in [0.29, 0.717) is 35.9 Å². The fourth-order valence-electron chi connectivity index (χ4n) is 4.24. The second-order valence-electron chi connectivity index (χ2n) is 8.04. The molecule has 8 nitrogen and oxygen atoms in total. The Bertz CT molecular complexity index is 1220. The van der Waals surface area contributed by atoms with E-state index in [1.54, 1.807) is 12.4 Å². The lowest BCUT2D eigenvalue weighted by Crippen LogP contribution is -2.53. The molecule has 0 radical (unpaired) electrons. The minimum Gasteiger partial charge on any atom is -0.490 e. The Morgan fingerprint density at radius 3 is 2.78 bits per heavy atom. The summed E-state index contributed by atoms with van der Waals surface area (Å²) in [5.41, 5.74) is -0.201. The number of halogens is 1. The predicted octanol–water partition coefficient (Wildman–Crippen LogP) is 2.63. The fourth-order valence-corrected chi connectivity index (χ4v) is 4.24. The van der Waals surface area contributed by atoms with E-state index in [2.05, 4.69) is 15.0 Å². The quantitative estimate of drug-likeness (QED) is 0.614. The summed E-state index contributed by atoms with van der Waals surface area (Å²) in [7, 11) is 0. The van der Waals surface area contributed by atoms with E-state index in [0.717, 1.165) is 10.9 Å². The molecule has 0 unspecified atom stereocenters. The summed E-state index contributed by atoms with van der Waals surface area (Å²) >= 11 is 0. The highest BCUT2D eigenvalue weighted by molar-refractivity contribution is 5.86. The molecule has 32 heavy (non-hydrogen) atoms. The molecule has 162 valence electrons. The average Bonchev–Trinajstić information content (AvgIpc) is 3.06. The zero-order valence-electron chi connectivity index (χ0n) is 17.4. The number of pyridine rings is 1. The van der Waals surface area contributed by atoms with Gasteiger partial charge in [-0.1, -0.05) is 18.2 Å². The van der Waals surface area contributed by atoms with Crippen molar-refractivity contribution in [1.29, 1.82) is 5.26 Å². The number of amides is 1. The topological polar surface area (TPSA) is 95.2 Å². The number of fused-ring (bicyclic) bond motifs is 2. The maximum Gasteiger partial charge on any atom is 0.260 e. The molecular formula is C23H21FN6O2. The van der Waals surface area contributed by atoms with Crippen LogP contribution in [0.3, 0.4) is 0 Å². The summed E-state index contributed by atoms with van der Waals surface area (Å²) in [5, 5.41) is 10.2. The van der Waals surface area contributed by atoms with Crippen LogP contribution in [0.15, 0.2) is 42.9 Å². The van der Waals surface area contributed by atoms with Crippen molar-refractivity contribution in [3.8, 4) is 11.8 Å². The van der Waals surface area contributed by atoms with E-state index in [4.69, 9.17) is 4.74 Å². The monoisotopic (exact) mass is 432 g/mol. The molecule has 4 heterocycles. The smallest absolute Gasteiger partial charge is 0.260 e. The third-order valence-corrected chi connectivity index (χ3v) is 6.05. The highest BCUT2D eigenvalue weighted by Crippen LogP contribution is 2.33. The van der Waals surface area contributed by atoms with Gasteiger partial charge in [0.05, 0.1) is 18.6 Å². The van der Waals surface area contributed by atoms with Gasteiger partial charge in [-0.25, -0.2) is 14.4 Å². The van der Waals surface area contributed by atoms with Crippen LogP contribution in [0.1, 0.15) is 24.0 Å². The summed E-state index contributed by atoms with van der Waals surface area (Å²) in [6.07, 6.45) is 4.87. The van der Waals surface area contributed by atoms with Crippen molar-refractivity contribution >= 4 is 22.8 Å². The van der Waals surface area contributed by atoms with Gasteiger partial charge in [0.15, 0.2) is 5.67 Å². The summed E-state index contributed by atoms with van der Waals surface area (Å²) in [6, 6.07) is 9.75. The van der Waals surface area contributed by atoms with E-state index in [1.807, 2.05) is 35.2 Å². The molecule has 1 aromatic carbocycles. The molecule has 2 aliphatic heterocycles. The molecule has 3 aromatic rings.